The van der Waals surface area contributed by atoms with Crippen molar-refractivity contribution in [2.24, 2.45) is 0 Å². The summed E-state index contributed by atoms with van der Waals surface area (Å²) in [6.07, 6.45) is 0.864. The van der Waals surface area contributed by atoms with Crippen molar-refractivity contribution >= 4 is 64.9 Å². The second kappa shape index (κ2) is 12.5. The maximum absolute atomic E-state index is 4.94. The van der Waals surface area contributed by atoms with Gasteiger partial charge in [-0.3, -0.25) is 4.57 Å². The normalized spacial score (nSPS) is 11.8. The fourth-order valence-electron chi connectivity index (χ4n) is 9.07. The highest BCUT2D eigenvalue weighted by Crippen LogP contribution is 2.45. The van der Waals surface area contributed by atoms with E-state index in [-0.39, 0.29) is 0 Å². The van der Waals surface area contributed by atoms with Crippen molar-refractivity contribution in [2.75, 3.05) is 0 Å². The van der Waals surface area contributed by atoms with Gasteiger partial charge in [-0.25, -0.2) is 4.98 Å². The molecule has 10 aromatic carbocycles. The molecule has 0 bridgehead atoms. The third-order valence-corrected chi connectivity index (χ3v) is 11.5. The number of fused-ring (bicyclic) bond motifs is 7. The first-order chi connectivity index (χ1) is 27.2. The predicted molar refractivity (Wildman–Crippen MR) is 234 cm³/mol. The second-order valence-electron chi connectivity index (χ2n) is 14.5. The molecule has 0 amide bonds. The van der Waals surface area contributed by atoms with Gasteiger partial charge in [-0.2, -0.15) is 0 Å². The van der Waals surface area contributed by atoms with Crippen molar-refractivity contribution in [1.29, 1.82) is 0 Å². The summed E-state index contributed by atoms with van der Waals surface area (Å²) in [5.74, 6) is 1.07. The van der Waals surface area contributed by atoms with Crippen LogP contribution in [0.2, 0.25) is 0 Å². The molecule has 0 atom stereocenters. The summed E-state index contributed by atoms with van der Waals surface area (Å²) in [5.41, 5.74) is 10.8. The Hall–Kier alpha value is -7.03. The molecule has 0 aliphatic heterocycles. The molecule has 2 heteroatoms. The Balaban J connectivity index is 1.11. The van der Waals surface area contributed by atoms with Crippen LogP contribution in [0.4, 0.5) is 0 Å². The van der Waals surface area contributed by atoms with Gasteiger partial charge in [0.15, 0.2) is 0 Å². The quantitative estimate of drug-likeness (QED) is 0.129. The van der Waals surface area contributed by atoms with Gasteiger partial charge < -0.3 is 0 Å². The van der Waals surface area contributed by atoms with Crippen LogP contribution in [0.15, 0.2) is 188 Å². The van der Waals surface area contributed by atoms with Crippen molar-refractivity contribution in [1.82, 2.24) is 9.55 Å². The number of hydrogen-bond donors (Lipinski definition) is 0. The lowest BCUT2D eigenvalue weighted by molar-refractivity contribution is 0.908. The number of rotatable bonds is 5. The summed E-state index contributed by atoms with van der Waals surface area (Å²) in [6, 6.07) is 69.1. The monoisotopic (exact) mass is 700 g/mol. The Labute approximate surface area is 319 Å². The molecule has 0 radical (unpaired) electrons. The van der Waals surface area contributed by atoms with E-state index in [0.29, 0.717) is 0 Å². The molecular formula is C53H36N2. The molecule has 1 aromatic heterocycles. The predicted octanol–water partition coefficient (Wildman–Crippen LogP) is 14.4. The average Bonchev–Trinajstić information content (AvgIpc) is 3.64. The van der Waals surface area contributed by atoms with E-state index in [1.54, 1.807) is 0 Å². The smallest absolute Gasteiger partial charge is 0.114 e. The Morgan fingerprint density at radius 1 is 0.400 bits per heavy atom. The molecule has 0 aliphatic rings. The fraction of sp³-hybridized carbons (Fsp3) is 0.0377. The summed E-state index contributed by atoms with van der Waals surface area (Å²) in [4.78, 5) is 4.94. The van der Waals surface area contributed by atoms with Gasteiger partial charge in [0.25, 0.3) is 0 Å². The number of para-hydroxylation sites is 2. The molecule has 0 N–H and O–H groups in total. The third kappa shape index (κ3) is 4.92. The van der Waals surface area contributed by atoms with Crippen LogP contribution in [-0.4, -0.2) is 9.55 Å². The minimum atomic E-state index is 0.864. The number of benzene rings is 10. The van der Waals surface area contributed by atoms with Gasteiger partial charge in [0.1, 0.15) is 5.82 Å². The van der Waals surface area contributed by atoms with Gasteiger partial charge in [-0.15, -0.1) is 0 Å². The topological polar surface area (TPSA) is 17.8 Å². The summed E-state index contributed by atoms with van der Waals surface area (Å²) in [7, 11) is 0. The summed E-state index contributed by atoms with van der Waals surface area (Å²) >= 11 is 0. The van der Waals surface area contributed by atoms with Crippen molar-refractivity contribution < 1.29 is 0 Å². The number of aromatic nitrogens is 2. The molecule has 55 heavy (non-hydrogen) atoms. The van der Waals surface area contributed by atoms with Crippen LogP contribution in [0.5, 0.6) is 0 Å². The van der Waals surface area contributed by atoms with E-state index in [9.17, 15) is 0 Å². The first kappa shape index (κ1) is 31.5. The molecule has 0 unspecified atom stereocenters. The van der Waals surface area contributed by atoms with Crippen LogP contribution in [-0.2, 0) is 6.42 Å². The van der Waals surface area contributed by atoms with E-state index in [1.807, 2.05) is 0 Å². The Morgan fingerprint density at radius 3 is 1.67 bits per heavy atom. The van der Waals surface area contributed by atoms with Crippen molar-refractivity contribution in [2.45, 2.75) is 13.3 Å². The van der Waals surface area contributed by atoms with E-state index < -0.39 is 0 Å². The molecule has 0 fully saturated rings. The van der Waals surface area contributed by atoms with Crippen LogP contribution in [0, 0.1) is 0 Å². The van der Waals surface area contributed by atoms with Crippen molar-refractivity contribution in [3.63, 3.8) is 0 Å². The van der Waals surface area contributed by atoms with E-state index in [2.05, 4.69) is 200 Å². The molecule has 258 valence electrons. The summed E-state index contributed by atoms with van der Waals surface area (Å²) in [5, 5.41) is 12.6. The molecule has 0 saturated carbocycles. The van der Waals surface area contributed by atoms with E-state index >= 15 is 0 Å². The minimum Gasteiger partial charge on any atom is -0.296 e. The Morgan fingerprint density at radius 2 is 0.964 bits per heavy atom. The molecule has 0 aliphatic carbocycles. The lowest BCUT2D eigenvalue weighted by atomic mass is 9.85. The number of nitrogens with zero attached hydrogens (tertiary/aromatic N) is 2. The number of aryl methyl sites for hydroxylation is 1. The highest BCUT2D eigenvalue weighted by Gasteiger charge is 2.19. The van der Waals surface area contributed by atoms with Crippen LogP contribution in [0.25, 0.3) is 104 Å². The highest BCUT2D eigenvalue weighted by atomic mass is 15.1. The van der Waals surface area contributed by atoms with E-state index in [1.165, 1.54) is 87.2 Å². The van der Waals surface area contributed by atoms with Crippen LogP contribution in [0.1, 0.15) is 12.7 Å². The van der Waals surface area contributed by atoms with Gasteiger partial charge in [0.05, 0.1) is 11.0 Å². The highest BCUT2D eigenvalue weighted by molar-refractivity contribution is 6.23. The second-order valence-corrected chi connectivity index (χ2v) is 14.5. The van der Waals surface area contributed by atoms with Gasteiger partial charge in [-0.05, 0) is 124 Å². The maximum atomic E-state index is 4.94. The Bertz CT molecular complexity index is 3230. The minimum absolute atomic E-state index is 0.864. The first-order valence-corrected chi connectivity index (χ1v) is 19.2. The Kier molecular flexibility index (Phi) is 7.18. The zero-order valence-corrected chi connectivity index (χ0v) is 30.5. The largest absolute Gasteiger partial charge is 0.296 e. The van der Waals surface area contributed by atoms with Crippen molar-refractivity contribution in [3.8, 4) is 39.1 Å². The number of imidazole rings is 1. The molecule has 2 nitrogen and oxygen atoms in total. The molecule has 0 saturated heterocycles. The zero-order valence-electron chi connectivity index (χ0n) is 30.5. The van der Waals surface area contributed by atoms with Crippen molar-refractivity contribution in [3.05, 3.63) is 194 Å². The fourth-order valence-corrected chi connectivity index (χ4v) is 9.07. The van der Waals surface area contributed by atoms with E-state index in [4.69, 9.17) is 4.98 Å². The summed E-state index contributed by atoms with van der Waals surface area (Å²) < 4.78 is 2.30. The lowest BCUT2D eigenvalue weighted by Crippen LogP contribution is -2.00. The average molecular weight is 701 g/mol. The summed E-state index contributed by atoms with van der Waals surface area (Å²) in [6.45, 7) is 2.17. The van der Waals surface area contributed by atoms with Crippen LogP contribution in [0.3, 0.4) is 0 Å². The molecule has 11 aromatic rings. The SMILES string of the molecule is CCc1nc2ccccc2n1-c1ccc(-c2c3ccccc3c(-c3ccc4cc(-c5cccc6ccccc56)c5ccccc5c4c3)c3ccccc23)cc1. The maximum Gasteiger partial charge on any atom is 0.114 e. The lowest BCUT2D eigenvalue weighted by Gasteiger charge is -2.19. The first-order valence-electron chi connectivity index (χ1n) is 19.2. The standard InChI is InChI=1S/C53H36N2/c1-2-51-54-49-24-11-12-25-50(49)55(51)38-30-28-35(29-31-38)52-43-19-7-9-21-45(43)53(46-22-10-8-20-44(46)52)37-27-26-36-32-48(42-18-6-5-17-41(42)47(36)33-37)40-23-13-15-34-14-3-4-16-39(34)40/h3-33H,2H2,1H3. The molecule has 11 rings (SSSR count). The molecule has 0 spiro atoms. The van der Waals surface area contributed by atoms with Crippen LogP contribution < -0.4 is 0 Å². The van der Waals surface area contributed by atoms with E-state index in [0.717, 1.165) is 29.0 Å². The third-order valence-electron chi connectivity index (χ3n) is 11.5. The van der Waals surface area contributed by atoms with Crippen LogP contribution >= 0.6 is 0 Å². The molecule has 1 heterocycles. The number of hydrogen-bond acceptors (Lipinski definition) is 1. The zero-order chi connectivity index (χ0) is 36.5. The molecular weight excluding hydrogens is 665 g/mol. The van der Waals surface area contributed by atoms with Gasteiger partial charge >= 0.3 is 0 Å². The van der Waals surface area contributed by atoms with Gasteiger partial charge in [0, 0.05) is 12.1 Å². The van der Waals surface area contributed by atoms with Gasteiger partial charge in [-0.1, -0.05) is 159 Å². The van der Waals surface area contributed by atoms with Gasteiger partial charge in [0.2, 0.25) is 0 Å².